The van der Waals surface area contributed by atoms with Crippen LogP contribution in [-0.4, -0.2) is 15.4 Å². The number of rotatable bonds is 2. The van der Waals surface area contributed by atoms with Gasteiger partial charge in [0.25, 0.3) is 0 Å². The molecule has 1 aromatic heterocycles. The van der Waals surface area contributed by atoms with Crippen LogP contribution in [0, 0.1) is 6.92 Å². The van der Waals surface area contributed by atoms with Crippen molar-refractivity contribution in [1.82, 2.24) is 15.4 Å². The lowest BCUT2D eigenvalue weighted by molar-refractivity contribution is 0.926. The first-order valence-corrected chi connectivity index (χ1v) is 3.01. The first-order chi connectivity index (χ1) is 4.84. The molecule has 3 nitrogen and oxygen atoms in total. The van der Waals surface area contributed by atoms with E-state index in [4.69, 9.17) is 0 Å². The van der Waals surface area contributed by atoms with E-state index in [1.54, 1.807) is 6.08 Å². The number of aryl methyl sites for hydroxylation is 1. The number of aromatic nitrogens is 3. The summed E-state index contributed by atoms with van der Waals surface area (Å²) < 4.78 is 0. The molecule has 1 N–H and O–H groups in total. The first kappa shape index (κ1) is 6.74. The van der Waals surface area contributed by atoms with Crippen LogP contribution < -0.4 is 0 Å². The molecular weight excluding hydrogens is 126 g/mol. The van der Waals surface area contributed by atoms with Crippen LogP contribution in [0.15, 0.2) is 18.7 Å². The minimum absolute atomic E-state index is 0.901. The molecule has 0 bridgehead atoms. The second-order valence-corrected chi connectivity index (χ2v) is 1.91. The summed E-state index contributed by atoms with van der Waals surface area (Å²) in [5, 5.41) is 10.1. The van der Waals surface area contributed by atoms with Gasteiger partial charge in [0.2, 0.25) is 0 Å². The van der Waals surface area contributed by atoms with Gasteiger partial charge in [-0.3, -0.25) is 5.10 Å². The fourth-order valence-corrected chi connectivity index (χ4v) is 0.611. The van der Waals surface area contributed by atoms with Crippen molar-refractivity contribution in [2.24, 2.45) is 0 Å². The van der Waals surface area contributed by atoms with Crippen LogP contribution in [-0.2, 0) is 0 Å². The predicted molar refractivity (Wildman–Crippen MR) is 40.4 cm³/mol. The van der Waals surface area contributed by atoms with E-state index in [2.05, 4.69) is 22.0 Å². The summed E-state index contributed by atoms with van der Waals surface area (Å²) >= 11 is 0. The molecular formula is C7H9N3. The highest BCUT2D eigenvalue weighted by atomic mass is 15.3. The average Bonchev–Trinajstić information content (AvgIpc) is 2.31. The van der Waals surface area contributed by atoms with Crippen molar-refractivity contribution in [3.05, 3.63) is 30.1 Å². The molecule has 0 saturated carbocycles. The first-order valence-electron chi connectivity index (χ1n) is 3.01. The minimum Gasteiger partial charge on any atom is -0.258 e. The summed E-state index contributed by atoms with van der Waals surface area (Å²) in [5.41, 5.74) is 1.83. The van der Waals surface area contributed by atoms with E-state index in [1.807, 2.05) is 19.1 Å². The van der Waals surface area contributed by atoms with Gasteiger partial charge >= 0.3 is 0 Å². The van der Waals surface area contributed by atoms with E-state index < -0.39 is 0 Å². The van der Waals surface area contributed by atoms with Crippen molar-refractivity contribution in [2.75, 3.05) is 0 Å². The SMILES string of the molecule is C=C/C=C\c1[nH]nnc1C. The molecule has 0 aliphatic heterocycles. The molecule has 0 amide bonds. The molecule has 0 aromatic carbocycles. The Morgan fingerprint density at radius 2 is 2.40 bits per heavy atom. The topological polar surface area (TPSA) is 41.6 Å². The lowest BCUT2D eigenvalue weighted by Gasteiger charge is -1.82. The summed E-state index contributed by atoms with van der Waals surface area (Å²) in [6.45, 7) is 5.44. The smallest absolute Gasteiger partial charge is 0.0867 e. The van der Waals surface area contributed by atoms with Crippen molar-refractivity contribution in [3.8, 4) is 0 Å². The Bertz CT molecular complexity index is 247. The molecule has 52 valence electrons. The van der Waals surface area contributed by atoms with Gasteiger partial charge < -0.3 is 0 Å². The van der Waals surface area contributed by atoms with E-state index in [-0.39, 0.29) is 0 Å². The predicted octanol–water partition coefficient (Wildman–Crippen LogP) is 1.31. The average molecular weight is 135 g/mol. The molecule has 0 unspecified atom stereocenters. The molecule has 1 rings (SSSR count). The molecule has 0 atom stereocenters. The zero-order chi connectivity index (χ0) is 7.40. The highest BCUT2D eigenvalue weighted by molar-refractivity contribution is 5.47. The highest BCUT2D eigenvalue weighted by Gasteiger charge is 1.93. The Hall–Kier alpha value is -1.38. The van der Waals surface area contributed by atoms with Gasteiger partial charge in [0.05, 0.1) is 11.4 Å². The minimum atomic E-state index is 0.901. The zero-order valence-corrected chi connectivity index (χ0v) is 5.83. The second-order valence-electron chi connectivity index (χ2n) is 1.91. The molecule has 10 heavy (non-hydrogen) atoms. The molecule has 1 heterocycles. The van der Waals surface area contributed by atoms with E-state index in [0.29, 0.717) is 0 Å². The maximum absolute atomic E-state index is 3.78. The van der Waals surface area contributed by atoms with Crippen molar-refractivity contribution < 1.29 is 0 Å². The summed E-state index contributed by atoms with van der Waals surface area (Å²) in [5.74, 6) is 0. The molecule has 0 fully saturated rings. The van der Waals surface area contributed by atoms with Gasteiger partial charge in [-0.2, -0.15) is 0 Å². The number of aromatic amines is 1. The highest BCUT2D eigenvalue weighted by Crippen LogP contribution is 1.99. The van der Waals surface area contributed by atoms with E-state index >= 15 is 0 Å². The molecule has 0 saturated heterocycles. The van der Waals surface area contributed by atoms with Crippen molar-refractivity contribution in [1.29, 1.82) is 0 Å². The Kier molecular flexibility index (Phi) is 1.99. The van der Waals surface area contributed by atoms with Crippen LogP contribution in [0.3, 0.4) is 0 Å². The number of hydrogen-bond donors (Lipinski definition) is 1. The standard InChI is InChI=1S/C7H9N3/c1-3-4-5-7-6(2)8-10-9-7/h3-5H,1H2,2H3,(H,8,9,10)/b5-4-. The van der Waals surface area contributed by atoms with Crippen LogP contribution in [0.4, 0.5) is 0 Å². The molecule has 1 aromatic rings. The van der Waals surface area contributed by atoms with Crippen LogP contribution in [0.2, 0.25) is 0 Å². The third-order valence-electron chi connectivity index (χ3n) is 1.16. The quantitative estimate of drug-likeness (QED) is 0.621. The van der Waals surface area contributed by atoms with E-state index in [9.17, 15) is 0 Å². The molecule has 0 aliphatic rings. The largest absolute Gasteiger partial charge is 0.258 e. The number of H-pyrrole nitrogens is 1. The van der Waals surface area contributed by atoms with Gasteiger partial charge in [-0.05, 0) is 13.0 Å². The second kappa shape index (κ2) is 2.96. The lowest BCUT2D eigenvalue weighted by atomic mass is 10.3. The normalized spacial score (nSPS) is 10.5. The van der Waals surface area contributed by atoms with Gasteiger partial charge in [0.15, 0.2) is 0 Å². The third kappa shape index (κ3) is 1.31. The monoisotopic (exact) mass is 135 g/mol. The Morgan fingerprint density at radius 3 is 2.90 bits per heavy atom. The Morgan fingerprint density at radius 1 is 1.60 bits per heavy atom. The van der Waals surface area contributed by atoms with Gasteiger partial charge in [-0.25, -0.2) is 0 Å². The number of nitrogens with one attached hydrogen (secondary N) is 1. The van der Waals surface area contributed by atoms with Gasteiger partial charge in [0.1, 0.15) is 0 Å². The summed E-state index contributed by atoms with van der Waals surface area (Å²) in [7, 11) is 0. The van der Waals surface area contributed by atoms with Crippen molar-refractivity contribution in [2.45, 2.75) is 6.92 Å². The third-order valence-corrected chi connectivity index (χ3v) is 1.16. The Labute approximate surface area is 59.5 Å². The summed E-state index contributed by atoms with van der Waals surface area (Å²) in [4.78, 5) is 0. The van der Waals surface area contributed by atoms with Crippen LogP contribution in [0.25, 0.3) is 6.08 Å². The lowest BCUT2D eigenvalue weighted by Crippen LogP contribution is -1.74. The van der Waals surface area contributed by atoms with E-state index in [0.717, 1.165) is 11.4 Å². The molecule has 3 heteroatoms. The van der Waals surface area contributed by atoms with E-state index in [1.165, 1.54) is 0 Å². The van der Waals surface area contributed by atoms with Crippen LogP contribution >= 0.6 is 0 Å². The maximum atomic E-state index is 3.78. The number of nitrogens with zero attached hydrogens (tertiary/aromatic N) is 2. The summed E-state index contributed by atoms with van der Waals surface area (Å²) in [6.07, 6.45) is 5.42. The number of allylic oxidation sites excluding steroid dienone is 2. The zero-order valence-electron chi connectivity index (χ0n) is 5.83. The van der Waals surface area contributed by atoms with Crippen LogP contribution in [0.1, 0.15) is 11.4 Å². The fraction of sp³-hybridized carbons (Fsp3) is 0.143. The molecule has 0 spiro atoms. The maximum Gasteiger partial charge on any atom is 0.0867 e. The van der Waals surface area contributed by atoms with Gasteiger partial charge in [0, 0.05) is 0 Å². The summed E-state index contributed by atoms with van der Waals surface area (Å²) in [6, 6.07) is 0. The number of hydrogen-bond acceptors (Lipinski definition) is 2. The van der Waals surface area contributed by atoms with Gasteiger partial charge in [-0.15, -0.1) is 5.10 Å². The Balaban J connectivity index is 2.83. The van der Waals surface area contributed by atoms with Crippen LogP contribution in [0.5, 0.6) is 0 Å². The fourth-order valence-electron chi connectivity index (χ4n) is 0.611. The molecule has 0 aliphatic carbocycles. The van der Waals surface area contributed by atoms with Gasteiger partial charge in [-0.1, -0.05) is 23.9 Å². The van der Waals surface area contributed by atoms with Crippen molar-refractivity contribution in [3.63, 3.8) is 0 Å². The molecule has 0 radical (unpaired) electrons. The van der Waals surface area contributed by atoms with Crippen molar-refractivity contribution >= 4 is 6.08 Å².